The molecule has 26 heavy (non-hydrogen) atoms. The van der Waals surface area contributed by atoms with E-state index in [9.17, 15) is 13.2 Å². The summed E-state index contributed by atoms with van der Waals surface area (Å²) in [4.78, 5) is 11.0. The van der Waals surface area contributed by atoms with Crippen molar-refractivity contribution < 1.29 is 18.3 Å². The summed E-state index contributed by atoms with van der Waals surface area (Å²) in [5.41, 5.74) is 1.90. The molecule has 0 spiro atoms. The van der Waals surface area contributed by atoms with Crippen molar-refractivity contribution >= 4 is 16.0 Å². The Balaban J connectivity index is 2.23. The van der Waals surface area contributed by atoms with Crippen LogP contribution in [-0.2, 0) is 21.2 Å². The van der Waals surface area contributed by atoms with E-state index in [1.807, 2.05) is 36.4 Å². The van der Waals surface area contributed by atoms with E-state index in [4.69, 9.17) is 10.4 Å². The molecule has 0 saturated carbocycles. The number of hydrogen-bond donors (Lipinski definition) is 2. The fourth-order valence-corrected chi connectivity index (χ4v) is 3.97. The summed E-state index contributed by atoms with van der Waals surface area (Å²) in [5.74, 6) is -0.975. The maximum absolute atomic E-state index is 12.7. The van der Waals surface area contributed by atoms with Gasteiger partial charge in [-0.3, -0.25) is 4.79 Å². The van der Waals surface area contributed by atoms with Crippen LogP contribution < -0.4 is 4.72 Å². The largest absolute Gasteiger partial charge is 0.481 e. The first-order valence-electron chi connectivity index (χ1n) is 8.10. The number of benzene rings is 2. The number of nitrogens with one attached hydrogen (secondary N) is 1. The van der Waals surface area contributed by atoms with Crippen molar-refractivity contribution in [3.8, 4) is 6.07 Å². The molecule has 0 fully saturated rings. The van der Waals surface area contributed by atoms with Gasteiger partial charge in [0, 0.05) is 12.5 Å². The summed E-state index contributed by atoms with van der Waals surface area (Å²) in [7, 11) is -3.83. The Labute approximate surface area is 153 Å². The molecule has 0 heterocycles. The topological polar surface area (TPSA) is 107 Å². The number of rotatable bonds is 8. The third kappa shape index (κ3) is 5.41. The molecule has 1 unspecified atom stereocenters. The normalized spacial score (nSPS) is 12.3. The minimum Gasteiger partial charge on any atom is -0.481 e. The molecule has 2 N–H and O–H groups in total. The van der Waals surface area contributed by atoms with Crippen LogP contribution in [0.15, 0.2) is 53.4 Å². The van der Waals surface area contributed by atoms with Crippen molar-refractivity contribution in [1.82, 2.24) is 4.72 Å². The molecule has 0 aliphatic rings. The molecule has 2 rings (SSSR count). The number of carboxylic acids is 1. The number of sulfonamides is 1. The van der Waals surface area contributed by atoms with Crippen LogP contribution in [0.2, 0.25) is 0 Å². The van der Waals surface area contributed by atoms with Gasteiger partial charge in [-0.15, -0.1) is 0 Å². The minimum atomic E-state index is -3.83. The summed E-state index contributed by atoms with van der Waals surface area (Å²) < 4.78 is 28.0. The van der Waals surface area contributed by atoms with Crippen LogP contribution in [0.25, 0.3) is 0 Å². The number of carbonyl (C=O) groups is 1. The zero-order chi connectivity index (χ0) is 19.2. The van der Waals surface area contributed by atoms with Gasteiger partial charge >= 0.3 is 5.97 Å². The quantitative estimate of drug-likeness (QED) is 0.741. The van der Waals surface area contributed by atoms with Gasteiger partial charge in [0.2, 0.25) is 10.0 Å². The Kier molecular flexibility index (Phi) is 6.50. The van der Waals surface area contributed by atoms with Gasteiger partial charge < -0.3 is 5.11 Å². The van der Waals surface area contributed by atoms with Crippen LogP contribution in [-0.4, -0.2) is 25.5 Å². The fraction of sp³-hybridized carbons (Fsp3) is 0.263. The van der Waals surface area contributed by atoms with Gasteiger partial charge in [0.15, 0.2) is 0 Å². The zero-order valence-corrected chi connectivity index (χ0v) is 15.2. The summed E-state index contributed by atoms with van der Waals surface area (Å²) in [6, 6.07) is 15.0. The first-order chi connectivity index (χ1) is 12.3. The van der Waals surface area contributed by atoms with Crippen molar-refractivity contribution in [1.29, 1.82) is 5.26 Å². The van der Waals surface area contributed by atoms with E-state index in [-0.39, 0.29) is 17.7 Å². The Bertz CT molecular complexity index is 918. The minimum absolute atomic E-state index is 0.0578. The van der Waals surface area contributed by atoms with Gasteiger partial charge in [0.05, 0.1) is 16.5 Å². The molecule has 0 aromatic heterocycles. The standard InChI is InChI=1S/C19H20N2O4S/c1-14-11-18(9-7-16(14)13-20)26(24,25)21-17(8-10-19(22)23)12-15-5-3-2-4-6-15/h2-7,9,11,17,21H,8,10,12H2,1H3,(H,22,23). The third-order valence-electron chi connectivity index (χ3n) is 3.98. The van der Waals surface area contributed by atoms with Gasteiger partial charge in [0.25, 0.3) is 0 Å². The molecule has 7 heteroatoms. The number of carboxylic acid groups (broad SMARTS) is 1. The average molecular weight is 372 g/mol. The van der Waals surface area contributed by atoms with Crippen molar-refractivity contribution in [3.63, 3.8) is 0 Å². The maximum Gasteiger partial charge on any atom is 0.303 e. The molecular formula is C19H20N2O4S. The van der Waals surface area contributed by atoms with E-state index in [1.54, 1.807) is 6.92 Å². The molecule has 0 aliphatic carbocycles. The van der Waals surface area contributed by atoms with Crippen molar-refractivity contribution in [2.24, 2.45) is 0 Å². The van der Waals surface area contributed by atoms with Crippen LogP contribution in [0.3, 0.4) is 0 Å². The molecule has 1 atom stereocenters. The molecule has 2 aromatic rings. The Hall–Kier alpha value is -2.69. The number of aryl methyl sites for hydroxylation is 1. The van der Waals surface area contributed by atoms with Gasteiger partial charge in [-0.05, 0) is 49.1 Å². The first kappa shape index (κ1) is 19.6. The van der Waals surface area contributed by atoms with Crippen LogP contribution in [0.4, 0.5) is 0 Å². The molecule has 2 aromatic carbocycles. The summed E-state index contributed by atoms with van der Waals surface area (Å²) in [5, 5.41) is 17.9. The highest BCUT2D eigenvalue weighted by molar-refractivity contribution is 7.89. The second-order valence-corrected chi connectivity index (χ2v) is 7.74. The van der Waals surface area contributed by atoms with E-state index in [1.165, 1.54) is 18.2 Å². The van der Waals surface area contributed by atoms with E-state index in [0.717, 1.165) is 5.56 Å². The SMILES string of the molecule is Cc1cc(S(=O)(=O)NC(CCC(=O)O)Cc2ccccc2)ccc1C#N. The lowest BCUT2D eigenvalue weighted by atomic mass is 10.0. The molecule has 0 amide bonds. The van der Waals surface area contributed by atoms with E-state index in [0.29, 0.717) is 17.5 Å². The predicted molar refractivity (Wildman–Crippen MR) is 97.0 cm³/mol. The van der Waals surface area contributed by atoms with Crippen molar-refractivity contribution in [3.05, 3.63) is 65.2 Å². The lowest BCUT2D eigenvalue weighted by molar-refractivity contribution is -0.137. The van der Waals surface area contributed by atoms with Crippen molar-refractivity contribution in [2.75, 3.05) is 0 Å². The number of nitrogens with zero attached hydrogens (tertiary/aromatic N) is 1. The van der Waals surface area contributed by atoms with E-state index < -0.39 is 22.0 Å². The number of nitriles is 1. The average Bonchev–Trinajstić information content (AvgIpc) is 2.60. The van der Waals surface area contributed by atoms with E-state index >= 15 is 0 Å². The van der Waals surface area contributed by atoms with Gasteiger partial charge in [-0.2, -0.15) is 5.26 Å². The zero-order valence-electron chi connectivity index (χ0n) is 14.3. The molecule has 0 saturated heterocycles. The predicted octanol–water partition coefficient (Wildman–Crippen LogP) is 2.62. The van der Waals surface area contributed by atoms with Crippen LogP contribution >= 0.6 is 0 Å². The lowest BCUT2D eigenvalue weighted by Crippen LogP contribution is -2.37. The highest BCUT2D eigenvalue weighted by Crippen LogP contribution is 2.17. The highest BCUT2D eigenvalue weighted by Gasteiger charge is 2.22. The molecule has 0 radical (unpaired) electrons. The summed E-state index contributed by atoms with van der Waals surface area (Å²) in [6.07, 6.45) is 0.438. The maximum atomic E-state index is 12.7. The number of aliphatic carboxylic acids is 1. The van der Waals surface area contributed by atoms with Gasteiger partial charge in [0.1, 0.15) is 0 Å². The fourth-order valence-electron chi connectivity index (χ4n) is 2.62. The van der Waals surface area contributed by atoms with Crippen LogP contribution in [0, 0.1) is 18.3 Å². The highest BCUT2D eigenvalue weighted by atomic mass is 32.2. The monoisotopic (exact) mass is 372 g/mol. The second-order valence-electron chi connectivity index (χ2n) is 6.03. The second kappa shape index (κ2) is 8.61. The van der Waals surface area contributed by atoms with Gasteiger partial charge in [-0.1, -0.05) is 30.3 Å². The smallest absolute Gasteiger partial charge is 0.303 e. The number of hydrogen-bond acceptors (Lipinski definition) is 4. The van der Waals surface area contributed by atoms with Gasteiger partial charge in [-0.25, -0.2) is 13.1 Å². The van der Waals surface area contributed by atoms with Crippen molar-refractivity contribution in [2.45, 2.75) is 37.1 Å². The Morgan fingerprint density at radius 3 is 2.50 bits per heavy atom. The lowest BCUT2D eigenvalue weighted by Gasteiger charge is -2.18. The molecular weight excluding hydrogens is 352 g/mol. The molecule has 6 nitrogen and oxygen atoms in total. The first-order valence-corrected chi connectivity index (χ1v) is 9.59. The Morgan fingerprint density at radius 1 is 1.23 bits per heavy atom. The summed E-state index contributed by atoms with van der Waals surface area (Å²) >= 11 is 0. The molecule has 0 aliphatic heterocycles. The summed E-state index contributed by atoms with van der Waals surface area (Å²) in [6.45, 7) is 1.67. The third-order valence-corrected chi connectivity index (χ3v) is 5.50. The Morgan fingerprint density at radius 2 is 1.92 bits per heavy atom. The van der Waals surface area contributed by atoms with Crippen LogP contribution in [0.5, 0.6) is 0 Å². The van der Waals surface area contributed by atoms with E-state index in [2.05, 4.69) is 4.72 Å². The van der Waals surface area contributed by atoms with Crippen LogP contribution in [0.1, 0.15) is 29.5 Å². The molecule has 0 bridgehead atoms. The molecule has 136 valence electrons.